The molecule has 6 heteroatoms. The number of amides is 1. The monoisotopic (exact) mass is 454 g/mol. The lowest BCUT2D eigenvalue weighted by molar-refractivity contribution is -0.119. The first-order valence-electron chi connectivity index (χ1n) is 11.7. The Labute approximate surface area is 199 Å². The fraction of sp³-hybridized carbons (Fsp3) is 0.286. The van der Waals surface area contributed by atoms with Gasteiger partial charge in [0.1, 0.15) is 11.5 Å². The van der Waals surface area contributed by atoms with Gasteiger partial charge in [-0.25, -0.2) is 9.37 Å². The SMILES string of the molecule is CC(=O)NC(C#Cc1ccccn1)C[C@H]1CCC2=C1[C@@H](C)C1=CNN(c3ccc(F)cc3)C1=C2. The molecular formula is C28H27FN4O. The summed E-state index contributed by atoms with van der Waals surface area (Å²) >= 11 is 0. The molecule has 1 amide bonds. The van der Waals surface area contributed by atoms with Crippen LogP contribution >= 0.6 is 0 Å². The fourth-order valence-electron chi connectivity index (χ4n) is 5.24. The van der Waals surface area contributed by atoms with Gasteiger partial charge in [0.05, 0.1) is 17.4 Å². The van der Waals surface area contributed by atoms with Crippen LogP contribution in [0.15, 0.2) is 83.4 Å². The maximum Gasteiger partial charge on any atom is 0.217 e. The maximum absolute atomic E-state index is 13.4. The van der Waals surface area contributed by atoms with Gasteiger partial charge in [0.25, 0.3) is 0 Å². The molecule has 1 unspecified atom stereocenters. The largest absolute Gasteiger partial charge is 0.343 e. The molecule has 172 valence electrons. The third-order valence-electron chi connectivity index (χ3n) is 6.72. The predicted octanol–water partition coefficient (Wildman–Crippen LogP) is 4.62. The van der Waals surface area contributed by atoms with Crippen molar-refractivity contribution in [3.8, 4) is 11.8 Å². The molecule has 0 radical (unpaired) electrons. The summed E-state index contributed by atoms with van der Waals surface area (Å²) in [7, 11) is 0. The summed E-state index contributed by atoms with van der Waals surface area (Å²) in [4.78, 5) is 16.1. The number of hydrazine groups is 1. The summed E-state index contributed by atoms with van der Waals surface area (Å²) in [6.07, 6.45) is 8.84. The molecule has 34 heavy (non-hydrogen) atoms. The molecule has 2 N–H and O–H groups in total. The highest BCUT2D eigenvalue weighted by molar-refractivity contribution is 5.73. The molecule has 0 fully saturated rings. The minimum Gasteiger partial charge on any atom is -0.343 e. The van der Waals surface area contributed by atoms with Crippen LogP contribution in [0, 0.1) is 29.5 Å². The Balaban J connectivity index is 1.39. The molecule has 0 bridgehead atoms. The topological polar surface area (TPSA) is 57.3 Å². The Kier molecular flexibility index (Phi) is 5.93. The number of allylic oxidation sites excluding steroid dienone is 4. The number of nitrogens with one attached hydrogen (secondary N) is 2. The van der Waals surface area contributed by atoms with E-state index in [1.165, 1.54) is 35.8 Å². The van der Waals surface area contributed by atoms with Crippen molar-refractivity contribution in [3.63, 3.8) is 0 Å². The molecule has 1 aromatic carbocycles. The van der Waals surface area contributed by atoms with Gasteiger partial charge in [-0.15, -0.1) is 0 Å². The number of anilines is 1. The van der Waals surface area contributed by atoms with E-state index in [1.54, 1.807) is 18.3 Å². The lowest BCUT2D eigenvalue weighted by Crippen LogP contribution is -2.34. The standard InChI is InChI=1S/C28H27FN4O/c1-18-26-17-31-33(25-12-8-22(29)9-13-25)27(26)16-21-7-6-20(28(18)21)15-24(32-19(2)34)11-10-23-5-3-4-14-30-23/h3-5,8-9,12-14,16-18,20,24,31H,6-7,15H2,1-2H3,(H,32,34)/t18-,20+,24?/m0/s1. The molecule has 2 aromatic rings. The number of hydrogen-bond donors (Lipinski definition) is 2. The number of hydrogen-bond acceptors (Lipinski definition) is 4. The maximum atomic E-state index is 13.4. The second-order valence-corrected chi connectivity index (χ2v) is 8.98. The number of pyridine rings is 1. The molecule has 3 aliphatic rings. The average molecular weight is 455 g/mol. The number of carbonyl (C=O) groups is 1. The van der Waals surface area contributed by atoms with Crippen molar-refractivity contribution >= 4 is 11.6 Å². The van der Waals surface area contributed by atoms with Crippen molar-refractivity contribution < 1.29 is 9.18 Å². The van der Waals surface area contributed by atoms with E-state index in [2.05, 4.69) is 40.6 Å². The van der Waals surface area contributed by atoms with Gasteiger partial charge in [0, 0.05) is 30.8 Å². The third-order valence-corrected chi connectivity index (χ3v) is 6.72. The minimum absolute atomic E-state index is 0.0796. The van der Waals surface area contributed by atoms with Crippen molar-refractivity contribution in [2.24, 2.45) is 11.8 Å². The number of aromatic nitrogens is 1. The first kappa shape index (κ1) is 22.0. The van der Waals surface area contributed by atoms with Gasteiger partial charge < -0.3 is 10.7 Å². The Hall–Kier alpha value is -3.85. The summed E-state index contributed by atoms with van der Waals surface area (Å²) in [5, 5.41) is 5.04. The fourth-order valence-corrected chi connectivity index (χ4v) is 5.24. The van der Waals surface area contributed by atoms with Crippen molar-refractivity contribution in [2.75, 3.05) is 5.01 Å². The van der Waals surface area contributed by atoms with Gasteiger partial charge in [-0.3, -0.25) is 9.80 Å². The van der Waals surface area contributed by atoms with Crippen LogP contribution in [0.25, 0.3) is 0 Å². The molecule has 5 nitrogen and oxygen atoms in total. The van der Waals surface area contributed by atoms with Crippen LogP contribution < -0.4 is 15.8 Å². The van der Waals surface area contributed by atoms with Gasteiger partial charge in [-0.2, -0.15) is 0 Å². The molecular weight excluding hydrogens is 427 g/mol. The van der Waals surface area contributed by atoms with Crippen LogP contribution in [-0.2, 0) is 4.79 Å². The van der Waals surface area contributed by atoms with E-state index in [1.807, 2.05) is 29.4 Å². The predicted molar refractivity (Wildman–Crippen MR) is 130 cm³/mol. The van der Waals surface area contributed by atoms with Crippen LogP contribution in [0.3, 0.4) is 0 Å². The number of nitrogens with zero attached hydrogens (tertiary/aromatic N) is 2. The van der Waals surface area contributed by atoms with Gasteiger partial charge in [-0.1, -0.05) is 24.5 Å². The summed E-state index contributed by atoms with van der Waals surface area (Å²) in [6.45, 7) is 3.78. The van der Waals surface area contributed by atoms with Crippen molar-refractivity contribution in [1.29, 1.82) is 0 Å². The van der Waals surface area contributed by atoms with Gasteiger partial charge in [-0.05, 0) is 79.1 Å². The molecule has 5 rings (SSSR count). The first-order valence-corrected chi connectivity index (χ1v) is 11.7. The van der Waals surface area contributed by atoms with Crippen LogP contribution in [0.1, 0.15) is 38.8 Å². The molecule has 1 aliphatic heterocycles. The Morgan fingerprint density at radius 2 is 2.12 bits per heavy atom. The van der Waals surface area contributed by atoms with Crippen molar-refractivity contribution in [1.82, 2.24) is 15.7 Å². The molecule has 0 saturated carbocycles. The average Bonchev–Trinajstić information content (AvgIpc) is 3.43. The van der Waals surface area contributed by atoms with E-state index in [9.17, 15) is 9.18 Å². The van der Waals surface area contributed by atoms with Gasteiger partial charge in [0.2, 0.25) is 5.91 Å². The van der Waals surface area contributed by atoms with E-state index in [0.717, 1.165) is 30.6 Å². The van der Waals surface area contributed by atoms with Crippen molar-refractivity contribution in [2.45, 2.75) is 39.2 Å². The summed E-state index contributed by atoms with van der Waals surface area (Å²) < 4.78 is 13.4. The number of fused-ring (bicyclic) bond motifs is 1. The van der Waals surface area contributed by atoms with E-state index in [-0.39, 0.29) is 23.7 Å². The first-order chi connectivity index (χ1) is 16.5. The van der Waals surface area contributed by atoms with Crippen molar-refractivity contribution in [3.05, 3.63) is 94.9 Å². The lowest BCUT2D eigenvalue weighted by atomic mass is 9.78. The van der Waals surface area contributed by atoms with Gasteiger partial charge >= 0.3 is 0 Å². The Morgan fingerprint density at radius 3 is 2.85 bits per heavy atom. The molecule has 1 aromatic heterocycles. The minimum atomic E-state index is -0.245. The summed E-state index contributed by atoms with van der Waals surface area (Å²) in [6, 6.07) is 11.9. The molecule has 2 aliphatic carbocycles. The zero-order chi connectivity index (χ0) is 23.7. The quantitative estimate of drug-likeness (QED) is 0.662. The second-order valence-electron chi connectivity index (χ2n) is 8.98. The van der Waals surface area contributed by atoms with E-state index < -0.39 is 0 Å². The zero-order valence-corrected chi connectivity index (χ0v) is 19.3. The summed E-state index contributed by atoms with van der Waals surface area (Å²) in [5.41, 5.74) is 10.1. The normalized spacial score (nSPS) is 21.4. The lowest BCUT2D eigenvalue weighted by Gasteiger charge is -2.30. The second kappa shape index (κ2) is 9.18. The number of carbonyl (C=O) groups excluding carboxylic acids is 1. The van der Waals surface area contributed by atoms with Crippen LogP contribution in [0.2, 0.25) is 0 Å². The molecule has 0 saturated heterocycles. The molecule has 3 atom stereocenters. The smallest absolute Gasteiger partial charge is 0.217 e. The Morgan fingerprint density at radius 1 is 1.29 bits per heavy atom. The van der Waals surface area contributed by atoms with E-state index in [4.69, 9.17) is 0 Å². The highest BCUT2D eigenvalue weighted by Crippen LogP contribution is 2.48. The Bertz CT molecular complexity index is 1250. The highest BCUT2D eigenvalue weighted by atomic mass is 19.1. The van der Waals surface area contributed by atoms with Crippen LogP contribution in [0.5, 0.6) is 0 Å². The molecule has 2 heterocycles. The summed E-state index contributed by atoms with van der Waals surface area (Å²) in [5.74, 6) is 6.62. The van der Waals surface area contributed by atoms with Crippen LogP contribution in [-0.4, -0.2) is 16.9 Å². The van der Waals surface area contributed by atoms with Gasteiger partial charge in [0.15, 0.2) is 0 Å². The number of halogens is 1. The number of rotatable bonds is 4. The molecule has 0 spiro atoms. The van der Waals surface area contributed by atoms with Crippen LogP contribution in [0.4, 0.5) is 10.1 Å². The zero-order valence-electron chi connectivity index (χ0n) is 19.3. The van der Waals surface area contributed by atoms with E-state index in [0.29, 0.717) is 11.6 Å². The highest BCUT2D eigenvalue weighted by Gasteiger charge is 2.38. The third kappa shape index (κ3) is 4.34. The van der Waals surface area contributed by atoms with E-state index >= 15 is 0 Å². The number of benzene rings is 1.